The number of hydrogen-bond acceptors (Lipinski definition) is 3. The van der Waals surface area contributed by atoms with Crippen LogP contribution in [0.3, 0.4) is 0 Å². The summed E-state index contributed by atoms with van der Waals surface area (Å²) in [7, 11) is 0. The average Bonchev–Trinajstić information content (AvgIpc) is 2.53. The molecule has 2 rings (SSSR count). The zero-order chi connectivity index (χ0) is 17.7. The van der Waals surface area contributed by atoms with E-state index in [-0.39, 0.29) is 5.57 Å². The zero-order valence-electron chi connectivity index (χ0n) is 13.8. The van der Waals surface area contributed by atoms with Crippen LogP contribution in [0.2, 0.25) is 0 Å². The Morgan fingerprint density at radius 3 is 2.25 bits per heavy atom. The molecular weight excluding hydrogens is 413 g/mol. The van der Waals surface area contributed by atoms with Crippen molar-refractivity contribution in [1.82, 2.24) is 0 Å². The summed E-state index contributed by atoms with van der Waals surface area (Å²) in [5.74, 6) is -0.425. The fraction of sp³-hybridized carbons (Fsp3) is 0.158. The highest BCUT2D eigenvalue weighted by Crippen LogP contribution is 2.22. The predicted octanol–water partition coefficient (Wildman–Crippen LogP) is 4.67. The van der Waals surface area contributed by atoms with E-state index in [0.717, 1.165) is 31.6 Å². The van der Waals surface area contributed by atoms with Crippen molar-refractivity contribution in [2.45, 2.75) is 20.8 Å². The van der Waals surface area contributed by atoms with Gasteiger partial charge in [0.15, 0.2) is 0 Å². The van der Waals surface area contributed by atoms with Gasteiger partial charge in [-0.25, -0.2) is 0 Å². The fourth-order valence-electron chi connectivity index (χ4n) is 2.41. The molecule has 0 radical (unpaired) electrons. The van der Waals surface area contributed by atoms with E-state index in [9.17, 15) is 10.1 Å². The molecule has 0 aliphatic carbocycles. The molecule has 0 spiro atoms. The molecule has 0 unspecified atom stereocenters. The lowest BCUT2D eigenvalue weighted by atomic mass is 10.0. The van der Waals surface area contributed by atoms with E-state index in [1.165, 1.54) is 6.20 Å². The molecule has 2 aromatic carbocycles. The minimum Gasteiger partial charge on any atom is -0.360 e. The van der Waals surface area contributed by atoms with Gasteiger partial charge in [-0.05, 0) is 78.8 Å². The van der Waals surface area contributed by atoms with E-state index in [0.29, 0.717) is 0 Å². The quantitative estimate of drug-likeness (QED) is 0.420. The van der Waals surface area contributed by atoms with Crippen molar-refractivity contribution in [2.75, 3.05) is 10.6 Å². The van der Waals surface area contributed by atoms with Crippen LogP contribution >= 0.6 is 22.6 Å². The summed E-state index contributed by atoms with van der Waals surface area (Å²) in [5, 5.41) is 15.1. The molecule has 4 nitrogen and oxygen atoms in total. The number of carbonyl (C=O) groups excluding carboxylic acids is 1. The number of nitriles is 1. The zero-order valence-corrected chi connectivity index (χ0v) is 15.9. The Bertz CT molecular complexity index is 810. The summed E-state index contributed by atoms with van der Waals surface area (Å²) >= 11 is 2.22. The van der Waals surface area contributed by atoms with E-state index in [2.05, 4.69) is 33.2 Å². The molecule has 24 heavy (non-hydrogen) atoms. The van der Waals surface area contributed by atoms with Crippen molar-refractivity contribution in [1.29, 1.82) is 5.26 Å². The van der Waals surface area contributed by atoms with Gasteiger partial charge in [0.25, 0.3) is 5.91 Å². The Hall–Kier alpha value is -2.33. The molecule has 0 aromatic heterocycles. The highest BCUT2D eigenvalue weighted by atomic mass is 127. The molecule has 1 amide bonds. The number of nitrogens with zero attached hydrogens (tertiary/aromatic N) is 1. The van der Waals surface area contributed by atoms with Crippen molar-refractivity contribution in [2.24, 2.45) is 0 Å². The molecule has 0 aliphatic heterocycles. The molecule has 2 aromatic rings. The van der Waals surface area contributed by atoms with Gasteiger partial charge >= 0.3 is 0 Å². The maximum absolute atomic E-state index is 12.4. The van der Waals surface area contributed by atoms with Crippen molar-refractivity contribution in [3.8, 4) is 6.07 Å². The van der Waals surface area contributed by atoms with Crippen molar-refractivity contribution >= 4 is 39.9 Å². The van der Waals surface area contributed by atoms with E-state index >= 15 is 0 Å². The third kappa shape index (κ3) is 4.59. The molecule has 122 valence electrons. The SMILES string of the molecule is Cc1cc(C)c(NC(=O)/C(C#N)=C\Nc2ccc(I)cc2)c(C)c1. The summed E-state index contributed by atoms with van der Waals surface area (Å²) in [6.45, 7) is 5.89. The largest absolute Gasteiger partial charge is 0.360 e. The maximum Gasteiger partial charge on any atom is 0.267 e. The second-order valence-corrected chi connectivity index (χ2v) is 6.79. The lowest BCUT2D eigenvalue weighted by molar-refractivity contribution is -0.112. The minimum absolute atomic E-state index is 0.0212. The first kappa shape index (κ1) is 18.0. The van der Waals surface area contributed by atoms with Crippen molar-refractivity contribution in [3.05, 3.63) is 68.4 Å². The van der Waals surface area contributed by atoms with E-state index < -0.39 is 5.91 Å². The van der Waals surface area contributed by atoms with Crippen LogP contribution in [-0.4, -0.2) is 5.91 Å². The predicted molar refractivity (Wildman–Crippen MR) is 106 cm³/mol. The topological polar surface area (TPSA) is 64.9 Å². The molecule has 0 bridgehead atoms. The molecule has 0 atom stereocenters. The Morgan fingerprint density at radius 2 is 1.71 bits per heavy atom. The number of rotatable bonds is 4. The molecule has 0 heterocycles. The first-order valence-corrected chi connectivity index (χ1v) is 8.50. The van der Waals surface area contributed by atoms with E-state index in [4.69, 9.17) is 0 Å². The maximum atomic E-state index is 12.4. The van der Waals surface area contributed by atoms with E-state index in [1.54, 1.807) is 0 Å². The molecule has 0 saturated heterocycles. The van der Waals surface area contributed by atoms with Crippen LogP contribution in [0, 0.1) is 35.7 Å². The second-order valence-electron chi connectivity index (χ2n) is 5.55. The number of nitrogens with one attached hydrogen (secondary N) is 2. The second kappa shape index (κ2) is 7.97. The van der Waals surface area contributed by atoms with Gasteiger partial charge in [-0.2, -0.15) is 5.26 Å². The van der Waals surface area contributed by atoms with Crippen LogP contribution in [0.1, 0.15) is 16.7 Å². The lowest BCUT2D eigenvalue weighted by Crippen LogP contribution is -2.16. The van der Waals surface area contributed by atoms with Crippen LogP contribution in [0.15, 0.2) is 48.2 Å². The number of amides is 1. The molecular formula is C19H18IN3O. The Balaban J connectivity index is 2.16. The van der Waals surface area contributed by atoms with Gasteiger partial charge in [-0.3, -0.25) is 4.79 Å². The van der Waals surface area contributed by atoms with Gasteiger partial charge in [0, 0.05) is 21.1 Å². The number of aryl methyl sites for hydroxylation is 3. The molecule has 0 saturated carbocycles. The summed E-state index contributed by atoms with van der Waals surface area (Å²) in [4.78, 5) is 12.4. The van der Waals surface area contributed by atoms with Gasteiger partial charge in [0.2, 0.25) is 0 Å². The number of benzene rings is 2. The summed E-state index contributed by atoms with van der Waals surface area (Å²) < 4.78 is 1.12. The number of anilines is 2. The Labute approximate surface area is 155 Å². The molecule has 0 fully saturated rings. The monoisotopic (exact) mass is 431 g/mol. The Morgan fingerprint density at radius 1 is 1.12 bits per heavy atom. The van der Waals surface area contributed by atoms with Crippen LogP contribution < -0.4 is 10.6 Å². The Kier molecular flexibility index (Phi) is 5.99. The van der Waals surface area contributed by atoms with Crippen LogP contribution in [0.5, 0.6) is 0 Å². The molecule has 5 heteroatoms. The fourth-order valence-corrected chi connectivity index (χ4v) is 2.77. The standard InChI is InChI=1S/C19H18IN3O/c1-12-8-13(2)18(14(3)9-12)23-19(24)15(10-21)11-22-17-6-4-16(20)5-7-17/h4-9,11,22H,1-3H3,(H,23,24)/b15-11-. The molecule has 0 aliphatic rings. The van der Waals surface area contributed by atoms with Crippen LogP contribution in [-0.2, 0) is 4.79 Å². The summed E-state index contributed by atoms with van der Waals surface area (Å²) in [5.41, 5.74) is 4.68. The van der Waals surface area contributed by atoms with E-state index in [1.807, 2.05) is 63.2 Å². The minimum atomic E-state index is -0.425. The normalized spacial score (nSPS) is 10.9. The number of hydrogen-bond donors (Lipinski definition) is 2. The molecule has 2 N–H and O–H groups in total. The average molecular weight is 431 g/mol. The lowest BCUT2D eigenvalue weighted by Gasteiger charge is -2.12. The third-order valence-electron chi connectivity index (χ3n) is 3.51. The highest BCUT2D eigenvalue weighted by Gasteiger charge is 2.12. The van der Waals surface area contributed by atoms with Crippen molar-refractivity contribution < 1.29 is 4.79 Å². The van der Waals surface area contributed by atoms with Gasteiger partial charge in [-0.1, -0.05) is 17.7 Å². The van der Waals surface area contributed by atoms with Crippen molar-refractivity contribution in [3.63, 3.8) is 0 Å². The number of halogens is 1. The van der Waals surface area contributed by atoms with Crippen LogP contribution in [0.25, 0.3) is 0 Å². The van der Waals surface area contributed by atoms with Gasteiger partial charge in [0.05, 0.1) is 0 Å². The smallest absolute Gasteiger partial charge is 0.267 e. The van der Waals surface area contributed by atoms with Gasteiger partial charge in [-0.15, -0.1) is 0 Å². The third-order valence-corrected chi connectivity index (χ3v) is 4.23. The van der Waals surface area contributed by atoms with Gasteiger partial charge < -0.3 is 10.6 Å². The highest BCUT2D eigenvalue weighted by molar-refractivity contribution is 14.1. The summed E-state index contributed by atoms with van der Waals surface area (Å²) in [6, 6.07) is 13.6. The first-order valence-electron chi connectivity index (χ1n) is 7.42. The number of carbonyl (C=O) groups is 1. The first-order chi connectivity index (χ1) is 11.4. The van der Waals surface area contributed by atoms with Gasteiger partial charge in [0.1, 0.15) is 11.6 Å². The van der Waals surface area contributed by atoms with Crippen LogP contribution in [0.4, 0.5) is 11.4 Å². The summed E-state index contributed by atoms with van der Waals surface area (Å²) in [6.07, 6.45) is 1.43.